The van der Waals surface area contributed by atoms with Gasteiger partial charge in [0.15, 0.2) is 6.29 Å². The normalized spacial score (nSPS) is 20.1. The van der Waals surface area contributed by atoms with Crippen molar-refractivity contribution in [2.24, 2.45) is 0 Å². The van der Waals surface area contributed by atoms with E-state index in [-0.39, 0.29) is 6.61 Å². The van der Waals surface area contributed by atoms with Crippen molar-refractivity contribution in [3.8, 4) is 0 Å². The number of ether oxygens (including phenoxy) is 2. The quantitative estimate of drug-likeness (QED) is 0.0232. The molecule has 0 aliphatic carbocycles. The molecule has 0 aromatic carbocycles. The maximum atomic E-state index is 13.1. The second-order valence-electron chi connectivity index (χ2n) is 20.6. The average Bonchev–Trinajstić information content (AvgIpc) is 3.35. The molecule has 1 amide bonds. The summed E-state index contributed by atoms with van der Waals surface area (Å²) < 4.78 is 11.2. The monoisotopic (exact) mass is 978 g/mol. The summed E-state index contributed by atoms with van der Waals surface area (Å²) >= 11 is 0. The number of hydrogen-bond acceptors (Lipinski definition) is 9. The van der Waals surface area contributed by atoms with Crippen molar-refractivity contribution in [3.05, 3.63) is 36.5 Å². The summed E-state index contributed by atoms with van der Waals surface area (Å²) in [6, 6.07) is -1.00. The minimum absolute atomic E-state index is 0.304. The summed E-state index contributed by atoms with van der Waals surface area (Å²) in [5.74, 6) is -0.626. The minimum Gasteiger partial charge on any atom is -0.394 e. The third-order valence-corrected chi connectivity index (χ3v) is 14.1. The molecule has 10 heteroatoms. The zero-order valence-corrected chi connectivity index (χ0v) is 44.7. The minimum atomic E-state index is -1.62. The molecule has 10 nitrogen and oxygen atoms in total. The van der Waals surface area contributed by atoms with Crippen molar-refractivity contribution >= 4 is 5.91 Å². The Bertz CT molecular complexity index is 1200. The van der Waals surface area contributed by atoms with E-state index in [0.29, 0.717) is 19.3 Å². The van der Waals surface area contributed by atoms with E-state index in [0.717, 1.165) is 44.9 Å². The number of allylic oxidation sites excluding steroid dienone is 5. The van der Waals surface area contributed by atoms with Gasteiger partial charge in [0.2, 0.25) is 5.91 Å². The summed E-state index contributed by atoms with van der Waals surface area (Å²) in [5, 5.41) is 65.0. The zero-order valence-electron chi connectivity index (χ0n) is 44.7. The SMILES string of the molecule is CCCCCCCCC/C=C/CC/C=C/CC/C=C/C(O)C(COC1OC(CO)C(O)C(O)C1O)NC(=O)C(O)CCCCCCCCCCCCCCCCCCCCCCCCCCCCC. The largest absolute Gasteiger partial charge is 0.394 e. The molecule has 0 bridgehead atoms. The Hall–Kier alpha value is -1.63. The van der Waals surface area contributed by atoms with Crippen LogP contribution in [0.5, 0.6) is 0 Å². The van der Waals surface area contributed by atoms with Crippen LogP contribution in [-0.2, 0) is 14.3 Å². The van der Waals surface area contributed by atoms with Gasteiger partial charge in [0.1, 0.15) is 30.5 Å². The van der Waals surface area contributed by atoms with Gasteiger partial charge < -0.3 is 45.4 Å². The lowest BCUT2D eigenvalue weighted by Gasteiger charge is -2.40. The molecule has 1 aliphatic rings. The smallest absolute Gasteiger partial charge is 0.249 e. The number of hydrogen-bond donors (Lipinski definition) is 7. The van der Waals surface area contributed by atoms with Gasteiger partial charge in [0.05, 0.1) is 25.4 Å². The van der Waals surface area contributed by atoms with Gasteiger partial charge in [-0.1, -0.05) is 262 Å². The second kappa shape index (κ2) is 48.6. The third-order valence-electron chi connectivity index (χ3n) is 14.1. The first-order chi connectivity index (χ1) is 33.8. The molecule has 8 unspecified atom stereocenters. The molecule has 69 heavy (non-hydrogen) atoms. The standard InChI is InChI=1S/C59H111NO9/c1-3-5-7-9-11-13-15-17-19-21-22-23-24-25-26-27-28-29-30-32-34-36-38-40-42-44-46-48-53(63)58(67)60-51(50-68-59-57(66)56(65)55(64)54(49-61)69-59)52(62)47-45-43-41-39-37-35-33-31-20-18-16-14-12-10-8-6-4-2/h20,31,37,39,45,47,51-57,59,61-66H,3-19,21-30,32-36,38,40-44,46,48-50H2,1-2H3,(H,60,67)/b31-20+,39-37+,47-45+. The van der Waals surface area contributed by atoms with Crippen LogP contribution >= 0.6 is 0 Å². The van der Waals surface area contributed by atoms with Gasteiger partial charge in [-0.2, -0.15) is 0 Å². The van der Waals surface area contributed by atoms with Crippen LogP contribution in [0, 0.1) is 0 Å². The summed E-state index contributed by atoms with van der Waals surface area (Å²) in [6.45, 7) is 3.61. The summed E-state index contributed by atoms with van der Waals surface area (Å²) in [7, 11) is 0. The van der Waals surface area contributed by atoms with E-state index in [4.69, 9.17) is 9.47 Å². The van der Waals surface area contributed by atoms with Gasteiger partial charge in [-0.15, -0.1) is 0 Å². The van der Waals surface area contributed by atoms with Crippen molar-refractivity contribution in [2.75, 3.05) is 13.2 Å². The molecule has 8 atom stereocenters. The number of carbonyl (C=O) groups excluding carboxylic acids is 1. The number of unbranched alkanes of at least 4 members (excludes halogenated alkanes) is 35. The van der Waals surface area contributed by atoms with Gasteiger partial charge in [0.25, 0.3) is 0 Å². The van der Waals surface area contributed by atoms with E-state index < -0.39 is 61.5 Å². The van der Waals surface area contributed by atoms with E-state index in [1.807, 2.05) is 6.08 Å². The molecule has 1 heterocycles. The van der Waals surface area contributed by atoms with Crippen LogP contribution in [0.3, 0.4) is 0 Å². The average molecular weight is 979 g/mol. The summed E-state index contributed by atoms with van der Waals surface area (Å²) in [6.07, 6.45) is 52.6. The first-order valence-electron chi connectivity index (χ1n) is 29.3. The zero-order chi connectivity index (χ0) is 50.3. The Morgan fingerprint density at radius 3 is 1.26 bits per heavy atom. The van der Waals surface area contributed by atoms with Crippen LogP contribution in [0.1, 0.15) is 271 Å². The number of amides is 1. The number of aliphatic hydroxyl groups excluding tert-OH is 6. The lowest BCUT2D eigenvalue weighted by atomic mass is 9.99. The molecule has 1 rings (SSSR count). The van der Waals surface area contributed by atoms with Crippen LogP contribution < -0.4 is 5.32 Å². The van der Waals surface area contributed by atoms with Gasteiger partial charge in [0, 0.05) is 0 Å². The lowest BCUT2D eigenvalue weighted by Crippen LogP contribution is -2.60. The first-order valence-corrected chi connectivity index (χ1v) is 29.3. The summed E-state index contributed by atoms with van der Waals surface area (Å²) in [4.78, 5) is 13.1. The Morgan fingerprint density at radius 1 is 0.493 bits per heavy atom. The number of carbonyl (C=O) groups is 1. The Morgan fingerprint density at radius 2 is 0.855 bits per heavy atom. The van der Waals surface area contributed by atoms with Crippen molar-refractivity contribution in [2.45, 2.75) is 320 Å². The lowest BCUT2D eigenvalue weighted by molar-refractivity contribution is -0.302. The molecule has 0 aromatic rings. The van der Waals surface area contributed by atoms with Crippen molar-refractivity contribution in [1.29, 1.82) is 0 Å². The van der Waals surface area contributed by atoms with Crippen LogP contribution in [-0.4, -0.2) is 98.7 Å². The Balaban J connectivity index is 2.25. The van der Waals surface area contributed by atoms with Crippen molar-refractivity contribution < 1.29 is 44.9 Å². The highest BCUT2D eigenvalue weighted by Gasteiger charge is 2.44. The second-order valence-corrected chi connectivity index (χ2v) is 20.6. The fourth-order valence-corrected chi connectivity index (χ4v) is 9.31. The maximum absolute atomic E-state index is 13.1. The molecular weight excluding hydrogens is 867 g/mol. The molecular formula is C59H111NO9. The molecule has 0 spiro atoms. The molecule has 0 radical (unpaired) electrons. The highest BCUT2D eigenvalue weighted by Crippen LogP contribution is 2.23. The third kappa shape index (κ3) is 37.7. The summed E-state index contributed by atoms with van der Waals surface area (Å²) in [5.41, 5.74) is 0. The molecule has 1 saturated heterocycles. The van der Waals surface area contributed by atoms with Crippen LogP contribution in [0.4, 0.5) is 0 Å². The molecule has 406 valence electrons. The van der Waals surface area contributed by atoms with E-state index in [1.54, 1.807) is 6.08 Å². The molecule has 1 fully saturated rings. The van der Waals surface area contributed by atoms with Crippen LogP contribution in [0.15, 0.2) is 36.5 Å². The molecule has 7 N–H and O–H groups in total. The van der Waals surface area contributed by atoms with Gasteiger partial charge in [-0.25, -0.2) is 0 Å². The predicted molar refractivity (Wildman–Crippen MR) is 287 cm³/mol. The molecule has 0 saturated carbocycles. The van der Waals surface area contributed by atoms with Gasteiger partial charge >= 0.3 is 0 Å². The van der Waals surface area contributed by atoms with Gasteiger partial charge in [-0.05, 0) is 44.9 Å². The van der Waals surface area contributed by atoms with Crippen molar-refractivity contribution in [1.82, 2.24) is 5.32 Å². The van der Waals surface area contributed by atoms with E-state index in [9.17, 15) is 35.4 Å². The molecule has 1 aliphatic heterocycles. The maximum Gasteiger partial charge on any atom is 0.249 e. The van der Waals surface area contributed by atoms with Crippen LogP contribution in [0.25, 0.3) is 0 Å². The van der Waals surface area contributed by atoms with Crippen molar-refractivity contribution in [3.63, 3.8) is 0 Å². The fraction of sp³-hybridized carbons (Fsp3) is 0.881. The number of aliphatic hydroxyl groups is 6. The topological polar surface area (TPSA) is 169 Å². The van der Waals surface area contributed by atoms with Gasteiger partial charge in [-0.3, -0.25) is 4.79 Å². The van der Waals surface area contributed by atoms with E-state index >= 15 is 0 Å². The van der Waals surface area contributed by atoms with Crippen LogP contribution in [0.2, 0.25) is 0 Å². The predicted octanol–water partition coefficient (Wildman–Crippen LogP) is 13.3. The Labute approximate surface area is 424 Å². The fourth-order valence-electron chi connectivity index (χ4n) is 9.31. The van der Waals surface area contributed by atoms with E-state index in [2.05, 4.69) is 43.5 Å². The number of rotatable bonds is 50. The highest BCUT2D eigenvalue weighted by molar-refractivity contribution is 5.80. The first kappa shape index (κ1) is 65.4. The number of nitrogens with one attached hydrogen (secondary N) is 1. The van der Waals surface area contributed by atoms with E-state index in [1.165, 1.54) is 193 Å². The Kier molecular flexibility index (Phi) is 46.1. The highest BCUT2D eigenvalue weighted by atomic mass is 16.7. The molecule has 0 aromatic heterocycles.